The molecule has 190 valence electrons. The van der Waals surface area contributed by atoms with Crippen LogP contribution in [0.5, 0.6) is 0 Å². The summed E-state index contributed by atoms with van der Waals surface area (Å²) >= 11 is 0. The maximum Gasteiger partial charge on any atom is 0.329 e. The molecule has 7 heteroatoms. The molecule has 0 aliphatic carbocycles. The highest BCUT2D eigenvalue weighted by Gasteiger charge is 2.64. The molecule has 0 bridgehead atoms. The Bertz CT molecular complexity index is 1240. The summed E-state index contributed by atoms with van der Waals surface area (Å²) in [6.45, 7) is 2.76. The number of likely N-dealkylation sites (tertiary alicyclic amines) is 1. The van der Waals surface area contributed by atoms with E-state index in [1.54, 1.807) is 55.5 Å². The Morgan fingerprint density at radius 3 is 1.86 bits per heavy atom. The topological polar surface area (TPSA) is 90.0 Å². The number of carbonyl (C=O) groups excluding carboxylic acids is 4. The van der Waals surface area contributed by atoms with Gasteiger partial charge in [0.1, 0.15) is 0 Å². The number of hydrogen-bond acceptors (Lipinski definition) is 6. The zero-order chi connectivity index (χ0) is 26.5. The molecule has 3 aromatic carbocycles. The third-order valence-corrected chi connectivity index (χ3v) is 6.62. The van der Waals surface area contributed by atoms with Gasteiger partial charge in [0, 0.05) is 31.0 Å². The molecule has 0 aromatic heterocycles. The number of Topliss-reactive ketones (excluding diaryl/α,β-unsaturated/α-hetero) is 1. The minimum absolute atomic E-state index is 0.0168. The van der Waals surface area contributed by atoms with E-state index in [1.807, 2.05) is 42.5 Å². The fourth-order valence-electron chi connectivity index (χ4n) is 4.96. The molecular formula is C30H29NO6. The first-order chi connectivity index (χ1) is 17.8. The van der Waals surface area contributed by atoms with Crippen molar-refractivity contribution in [3.8, 4) is 0 Å². The van der Waals surface area contributed by atoms with Crippen LogP contribution in [0.1, 0.15) is 37.0 Å². The number of esters is 2. The molecule has 0 spiro atoms. The van der Waals surface area contributed by atoms with E-state index >= 15 is 0 Å². The van der Waals surface area contributed by atoms with Gasteiger partial charge in [-0.3, -0.25) is 19.2 Å². The van der Waals surface area contributed by atoms with E-state index in [0.717, 1.165) is 5.56 Å². The van der Waals surface area contributed by atoms with Crippen LogP contribution >= 0.6 is 0 Å². The molecule has 4 rings (SSSR count). The van der Waals surface area contributed by atoms with Gasteiger partial charge in [-0.2, -0.15) is 0 Å². The van der Waals surface area contributed by atoms with Gasteiger partial charge in [-0.05, 0) is 12.5 Å². The lowest BCUT2D eigenvalue weighted by Gasteiger charge is -2.39. The van der Waals surface area contributed by atoms with Crippen molar-refractivity contribution in [2.45, 2.75) is 32.4 Å². The predicted molar refractivity (Wildman–Crippen MR) is 136 cm³/mol. The van der Waals surface area contributed by atoms with E-state index < -0.39 is 41.1 Å². The molecule has 37 heavy (non-hydrogen) atoms. The van der Waals surface area contributed by atoms with Gasteiger partial charge in [-0.25, -0.2) is 0 Å². The second kappa shape index (κ2) is 10.8. The molecule has 7 nitrogen and oxygen atoms in total. The van der Waals surface area contributed by atoms with E-state index in [9.17, 15) is 19.2 Å². The van der Waals surface area contributed by atoms with Gasteiger partial charge in [-0.15, -0.1) is 0 Å². The molecule has 1 fully saturated rings. The average molecular weight is 500 g/mol. The lowest BCUT2D eigenvalue weighted by molar-refractivity contribution is -0.174. The van der Waals surface area contributed by atoms with Crippen LogP contribution in [0.4, 0.5) is 0 Å². The maximum absolute atomic E-state index is 14.0. The van der Waals surface area contributed by atoms with Gasteiger partial charge in [0.25, 0.3) is 0 Å². The molecule has 1 atom stereocenters. The summed E-state index contributed by atoms with van der Waals surface area (Å²) in [5, 5.41) is 0. The molecule has 0 radical (unpaired) electrons. The lowest BCUT2D eigenvalue weighted by Crippen LogP contribution is -2.51. The smallest absolute Gasteiger partial charge is 0.329 e. The highest BCUT2D eigenvalue weighted by atomic mass is 16.6. The fraction of sp³-hybridized carbons (Fsp3) is 0.267. The maximum atomic E-state index is 14.0. The number of carbonyl (C=O) groups is 4. The van der Waals surface area contributed by atoms with Crippen LogP contribution in [-0.2, 0) is 40.8 Å². The summed E-state index contributed by atoms with van der Waals surface area (Å²) in [7, 11) is 0. The van der Waals surface area contributed by atoms with Crippen molar-refractivity contribution in [1.82, 2.24) is 4.90 Å². The van der Waals surface area contributed by atoms with Gasteiger partial charge < -0.3 is 14.4 Å². The van der Waals surface area contributed by atoms with Crippen molar-refractivity contribution in [1.29, 1.82) is 0 Å². The average Bonchev–Trinajstić information content (AvgIpc) is 3.14. The quantitative estimate of drug-likeness (QED) is 0.326. The highest BCUT2D eigenvalue weighted by molar-refractivity contribution is 6.26. The number of benzene rings is 3. The largest absolute Gasteiger partial charge is 0.465 e. The van der Waals surface area contributed by atoms with Gasteiger partial charge in [0.05, 0.1) is 13.2 Å². The monoisotopic (exact) mass is 499 g/mol. The minimum atomic E-state index is -2.19. The number of ketones is 1. The van der Waals surface area contributed by atoms with E-state index in [4.69, 9.17) is 9.47 Å². The van der Waals surface area contributed by atoms with Gasteiger partial charge >= 0.3 is 11.9 Å². The zero-order valence-corrected chi connectivity index (χ0v) is 20.9. The molecular weight excluding hydrogens is 470 g/mol. The summed E-state index contributed by atoms with van der Waals surface area (Å²) in [5.41, 5.74) is -1.91. The zero-order valence-electron chi connectivity index (χ0n) is 20.9. The Morgan fingerprint density at radius 2 is 1.38 bits per heavy atom. The fourth-order valence-corrected chi connectivity index (χ4v) is 4.96. The Kier molecular flexibility index (Phi) is 7.53. The molecule has 1 heterocycles. The van der Waals surface area contributed by atoms with Crippen LogP contribution in [0.25, 0.3) is 0 Å². The predicted octanol–water partition coefficient (Wildman–Crippen LogP) is 4.04. The number of amides is 1. The van der Waals surface area contributed by atoms with Crippen LogP contribution < -0.4 is 0 Å². The number of hydrogen-bond donors (Lipinski definition) is 0. The first-order valence-electron chi connectivity index (χ1n) is 12.2. The summed E-state index contributed by atoms with van der Waals surface area (Å²) in [6.07, 6.45) is -0.421. The Balaban J connectivity index is 1.89. The second-order valence-corrected chi connectivity index (χ2v) is 9.03. The summed E-state index contributed by atoms with van der Waals surface area (Å²) in [5.74, 6) is -2.81. The van der Waals surface area contributed by atoms with E-state index in [-0.39, 0.29) is 19.7 Å². The third kappa shape index (κ3) is 4.89. The molecule has 3 aromatic rings. The summed E-state index contributed by atoms with van der Waals surface area (Å²) < 4.78 is 11.3. The standard InChI is InChI=1S/C30H29NO6/c1-3-36-28(35)29(26(33)20-31(27(29)34)19-23-13-7-4-8-14-23)21-30(37-22(2)32,24-15-9-5-10-16-24)25-17-11-6-12-18-25/h4-18H,3,19-21H2,1-2H3. The Hall–Kier alpha value is -4.26. The molecule has 1 unspecified atom stereocenters. The van der Waals surface area contributed by atoms with Crippen molar-refractivity contribution in [3.63, 3.8) is 0 Å². The molecule has 1 aliphatic heterocycles. The first kappa shape index (κ1) is 25.8. The molecule has 1 saturated heterocycles. The van der Waals surface area contributed by atoms with Crippen molar-refractivity contribution in [2.24, 2.45) is 5.41 Å². The van der Waals surface area contributed by atoms with Gasteiger partial charge in [0.2, 0.25) is 11.3 Å². The van der Waals surface area contributed by atoms with Crippen LogP contribution in [0.15, 0.2) is 91.0 Å². The SMILES string of the molecule is CCOC(=O)C1(CC(OC(C)=O)(c2ccccc2)c2ccccc2)C(=O)CN(Cc2ccccc2)C1=O. The van der Waals surface area contributed by atoms with Crippen LogP contribution in [0, 0.1) is 5.41 Å². The van der Waals surface area contributed by atoms with Gasteiger partial charge in [0.15, 0.2) is 11.4 Å². The number of rotatable bonds is 9. The van der Waals surface area contributed by atoms with Crippen molar-refractivity contribution >= 4 is 23.6 Å². The normalized spacial score (nSPS) is 17.5. The lowest BCUT2D eigenvalue weighted by atomic mass is 9.70. The number of ether oxygens (including phenoxy) is 2. The molecule has 0 N–H and O–H groups in total. The van der Waals surface area contributed by atoms with E-state index in [0.29, 0.717) is 11.1 Å². The Morgan fingerprint density at radius 1 is 0.865 bits per heavy atom. The summed E-state index contributed by atoms with van der Waals surface area (Å²) in [4.78, 5) is 55.3. The molecule has 1 amide bonds. The van der Waals surface area contributed by atoms with Crippen LogP contribution in [-0.4, -0.2) is 41.7 Å². The summed E-state index contributed by atoms with van der Waals surface area (Å²) in [6, 6.07) is 26.9. The van der Waals surface area contributed by atoms with Crippen molar-refractivity contribution in [3.05, 3.63) is 108 Å². The third-order valence-electron chi connectivity index (χ3n) is 6.62. The second-order valence-electron chi connectivity index (χ2n) is 9.03. The van der Waals surface area contributed by atoms with E-state index in [1.165, 1.54) is 11.8 Å². The Labute approximate surface area is 216 Å². The van der Waals surface area contributed by atoms with E-state index in [2.05, 4.69) is 0 Å². The number of nitrogens with zero attached hydrogens (tertiary/aromatic N) is 1. The van der Waals surface area contributed by atoms with Crippen molar-refractivity contribution in [2.75, 3.05) is 13.2 Å². The molecule has 1 aliphatic rings. The molecule has 0 saturated carbocycles. The van der Waals surface area contributed by atoms with Crippen LogP contribution in [0.2, 0.25) is 0 Å². The van der Waals surface area contributed by atoms with Crippen LogP contribution in [0.3, 0.4) is 0 Å². The first-order valence-corrected chi connectivity index (χ1v) is 12.2. The minimum Gasteiger partial charge on any atom is -0.465 e. The van der Waals surface area contributed by atoms with Crippen molar-refractivity contribution < 1.29 is 28.7 Å². The highest BCUT2D eigenvalue weighted by Crippen LogP contribution is 2.47. The van der Waals surface area contributed by atoms with Gasteiger partial charge in [-0.1, -0.05) is 91.0 Å².